The molecule has 1 amide bonds. The average molecular weight is 485 g/mol. The zero-order valence-corrected chi connectivity index (χ0v) is 20.9. The molecule has 1 N–H and O–H groups in total. The fraction of sp³-hybridized carbons (Fsp3) is 0.500. The van der Waals surface area contributed by atoms with Crippen molar-refractivity contribution < 1.29 is 13.2 Å². The van der Waals surface area contributed by atoms with Crippen LogP contribution in [0.25, 0.3) is 0 Å². The Morgan fingerprint density at radius 2 is 1.50 bits per heavy atom. The third kappa shape index (κ3) is 6.44. The second kappa shape index (κ2) is 11.4. The van der Waals surface area contributed by atoms with E-state index in [1.165, 1.54) is 5.56 Å². The van der Waals surface area contributed by atoms with Crippen LogP contribution in [0.3, 0.4) is 0 Å². The van der Waals surface area contributed by atoms with Crippen LogP contribution in [-0.2, 0) is 23.1 Å². The fourth-order valence-corrected chi connectivity index (χ4v) is 6.11. The maximum atomic E-state index is 12.9. The molecule has 2 fully saturated rings. The first kappa shape index (κ1) is 24.9. The molecule has 0 spiro atoms. The molecule has 0 unspecified atom stereocenters. The lowest BCUT2D eigenvalue weighted by Crippen LogP contribution is -2.43. The summed E-state index contributed by atoms with van der Waals surface area (Å²) in [6.45, 7) is 6.81. The van der Waals surface area contributed by atoms with Gasteiger partial charge in [-0.3, -0.25) is 9.69 Å². The van der Waals surface area contributed by atoms with Crippen molar-refractivity contribution in [1.29, 1.82) is 0 Å². The van der Waals surface area contributed by atoms with E-state index in [0.29, 0.717) is 25.2 Å². The Morgan fingerprint density at radius 1 is 0.853 bits per heavy atom. The molecule has 0 radical (unpaired) electrons. The minimum atomic E-state index is -3.51. The molecule has 0 aliphatic carbocycles. The topological polar surface area (TPSA) is 73.0 Å². The first-order valence-electron chi connectivity index (χ1n) is 12.3. The number of carbonyl (C=O) groups is 1. The highest BCUT2D eigenvalue weighted by Crippen LogP contribution is 2.21. The van der Waals surface area contributed by atoms with E-state index in [9.17, 15) is 13.2 Å². The molecule has 0 saturated carbocycles. The summed E-state index contributed by atoms with van der Waals surface area (Å²) in [4.78, 5) is 17.7. The minimum Gasteiger partial charge on any atom is -0.348 e. The number of hydrogen-bond donors (Lipinski definition) is 1. The SMILES string of the molecule is CN1CCN(Cc2cccc(CNC(=O)c3ccc(S(=O)(=O)N4CCCCCC4)cc3)c2)CC1. The average Bonchev–Trinajstić information content (AvgIpc) is 3.15. The third-order valence-electron chi connectivity index (χ3n) is 6.77. The summed E-state index contributed by atoms with van der Waals surface area (Å²) in [5, 5.41) is 2.96. The van der Waals surface area contributed by atoms with Crippen LogP contribution >= 0.6 is 0 Å². The van der Waals surface area contributed by atoms with E-state index < -0.39 is 10.0 Å². The van der Waals surface area contributed by atoms with Gasteiger partial charge in [0.2, 0.25) is 10.0 Å². The van der Waals surface area contributed by atoms with E-state index in [0.717, 1.165) is 64.0 Å². The highest BCUT2D eigenvalue weighted by Gasteiger charge is 2.25. The summed E-state index contributed by atoms with van der Waals surface area (Å²) < 4.78 is 27.5. The molecule has 0 bridgehead atoms. The van der Waals surface area contributed by atoms with Gasteiger partial charge in [0.05, 0.1) is 4.90 Å². The standard InChI is InChI=1S/C26H36N4O3S/c1-28-15-17-29(18-16-28)21-23-8-6-7-22(19-23)20-27-26(31)24-9-11-25(12-10-24)34(32,33)30-13-4-2-3-5-14-30/h6-12,19H,2-5,13-18,20-21H2,1H3,(H,27,31). The Balaban J connectivity index is 1.32. The Morgan fingerprint density at radius 3 is 2.18 bits per heavy atom. The van der Waals surface area contributed by atoms with Crippen molar-refractivity contribution in [1.82, 2.24) is 19.4 Å². The van der Waals surface area contributed by atoms with Crippen LogP contribution in [0.2, 0.25) is 0 Å². The molecule has 8 heteroatoms. The Kier molecular flexibility index (Phi) is 8.37. The van der Waals surface area contributed by atoms with E-state index in [4.69, 9.17) is 0 Å². The predicted octanol–water partition coefficient (Wildman–Crippen LogP) is 2.93. The number of carbonyl (C=O) groups excluding carboxylic acids is 1. The Hall–Kier alpha value is -2.26. The van der Waals surface area contributed by atoms with Crippen LogP contribution in [0.4, 0.5) is 0 Å². The van der Waals surface area contributed by atoms with Crippen molar-refractivity contribution in [3.8, 4) is 0 Å². The molecule has 4 rings (SSSR count). The minimum absolute atomic E-state index is 0.205. The number of sulfonamides is 1. The first-order chi connectivity index (χ1) is 16.4. The van der Waals surface area contributed by atoms with Crippen molar-refractivity contribution >= 4 is 15.9 Å². The Labute approximate surface area is 203 Å². The molecule has 2 aromatic carbocycles. The van der Waals surface area contributed by atoms with Gasteiger partial charge in [0, 0.05) is 57.9 Å². The van der Waals surface area contributed by atoms with E-state index in [-0.39, 0.29) is 10.8 Å². The van der Waals surface area contributed by atoms with Gasteiger partial charge < -0.3 is 10.2 Å². The smallest absolute Gasteiger partial charge is 0.251 e. The molecular weight excluding hydrogens is 448 g/mol. The van der Waals surface area contributed by atoms with Gasteiger partial charge in [0.15, 0.2) is 0 Å². The van der Waals surface area contributed by atoms with Gasteiger partial charge >= 0.3 is 0 Å². The first-order valence-corrected chi connectivity index (χ1v) is 13.7. The molecule has 34 heavy (non-hydrogen) atoms. The number of nitrogens with one attached hydrogen (secondary N) is 1. The predicted molar refractivity (Wildman–Crippen MR) is 134 cm³/mol. The normalized spacial score (nSPS) is 19.0. The van der Waals surface area contributed by atoms with Crippen molar-refractivity contribution in [3.63, 3.8) is 0 Å². The van der Waals surface area contributed by atoms with Crippen LogP contribution in [-0.4, -0.2) is 74.7 Å². The number of nitrogens with zero attached hydrogens (tertiary/aromatic N) is 3. The van der Waals surface area contributed by atoms with Gasteiger partial charge in [-0.25, -0.2) is 8.42 Å². The quantitative estimate of drug-likeness (QED) is 0.654. The molecule has 0 aromatic heterocycles. The van der Waals surface area contributed by atoms with Gasteiger partial charge in [-0.15, -0.1) is 0 Å². The monoisotopic (exact) mass is 484 g/mol. The van der Waals surface area contributed by atoms with Crippen LogP contribution < -0.4 is 5.32 Å². The molecule has 2 saturated heterocycles. The lowest BCUT2D eigenvalue weighted by Gasteiger charge is -2.32. The van der Waals surface area contributed by atoms with E-state index in [1.54, 1.807) is 28.6 Å². The second-order valence-electron chi connectivity index (χ2n) is 9.42. The van der Waals surface area contributed by atoms with Crippen molar-refractivity contribution in [3.05, 3.63) is 65.2 Å². The summed E-state index contributed by atoms with van der Waals surface area (Å²) >= 11 is 0. The number of rotatable bonds is 7. The molecule has 2 aliphatic rings. The molecule has 7 nitrogen and oxygen atoms in total. The second-order valence-corrected chi connectivity index (χ2v) is 11.4. The molecule has 184 valence electrons. The van der Waals surface area contributed by atoms with Crippen LogP contribution in [0.5, 0.6) is 0 Å². The summed E-state index contributed by atoms with van der Waals surface area (Å²) in [7, 11) is -1.35. The number of piperazine rings is 1. The van der Waals surface area contributed by atoms with Crippen LogP contribution in [0.1, 0.15) is 47.2 Å². The number of benzene rings is 2. The van der Waals surface area contributed by atoms with E-state index in [1.807, 2.05) is 12.1 Å². The summed E-state index contributed by atoms with van der Waals surface area (Å²) in [6, 6.07) is 14.6. The molecule has 2 aromatic rings. The highest BCUT2D eigenvalue weighted by molar-refractivity contribution is 7.89. The molecule has 2 heterocycles. The van der Waals surface area contributed by atoms with Crippen molar-refractivity contribution in [2.45, 2.75) is 43.7 Å². The van der Waals surface area contributed by atoms with Gasteiger partial charge in [0.1, 0.15) is 0 Å². The summed E-state index contributed by atoms with van der Waals surface area (Å²) in [5.74, 6) is -0.205. The van der Waals surface area contributed by atoms with E-state index >= 15 is 0 Å². The lowest BCUT2D eigenvalue weighted by molar-refractivity contribution is 0.0950. The third-order valence-corrected chi connectivity index (χ3v) is 8.68. The zero-order chi connectivity index (χ0) is 24.0. The van der Waals surface area contributed by atoms with Crippen LogP contribution in [0, 0.1) is 0 Å². The summed E-state index contributed by atoms with van der Waals surface area (Å²) in [6.07, 6.45) is 3.94. The van der Waals surface area contributed by atoms with Crippen LogP contribution in [0.15, 0.2) is 53.4 Å². The summed E-state index contributed by atoms with van der Waals surface area (Å²) in [5.41, 5.74) is 2.77. The largest absolute Gasteiger partial charge is 0.348 e. The number of hydrogen-bond acceptors (Lipinski definition) is 5. The van der Waals surface area contributed by atoms with E-state index in [2.05, 4.69) is 34.3 Å². The van der Waals surface area contributed by atoms with Gasteiger partial charge in [-0.2, -0.15) is 4.31 Å². The molecular formula is C26H36N4O3S. The lowest BCUT2D eigenvalue weighted by atomic mass is 10.1. The van der Waals surface area contributed by atoms with Gasteiger partial charge in [-0.05, 0) is 55.3 Å². The van der Waals surface area contributed by atoms with Gasteiger partial charge in [0.25, 0.3) is 5.91 Å². The fourth-order valence-electron chi connectivity index (χ4n) is 4.60. The Bertz CT molecular complexity index is 1060. The maximum absolute atomic E-state index is 12.9. The van der Waals surface area contributed by atoms with Crippen molar-refractivity contribution in [2.75, 3.05) is 46.3 Å². The maximum Gasteiger partial charge on any atom is 0.251 e. The highest BCUT2D eigenvalue weighted by atomic mass is 32.2. The molecule has 2 aliphatic heterocycles. The number of amides is 1. The van der Waals surface area contributed by atoms with Gasteiger partial charge in [-0.1, -0.05) is 37.1 Å². The molecule has 0 atom stereocenters. The van der Waals surface area contributed by atoms with Crippen molar-refractivity contribution in [2.24, 2.45) is 0 Å². The number of likely N-dealkylation sites (N-methyl/N-ethyl adjacent to an activating group) is 1. The zero-order valence-electron chi connectivity index (χ0n) is 20.1.